The molecule has 3 aliphatic rings. The first-order valence-electron chi connectivity index (χ1n) is 13.7. The predicted octanol–water partition coefficient (Wildman–Crippen LogP) is 1.95. The molecule has 0 radical (unpaired) electrons. The monoisotopic (exact) mass is 654 g/mol. The van der Waals surface area contributed by atoms with Crippen LogP contribution in [-0.4, -0.2) is 75.7 Å². The van der Waals surface area contributed by atoms with E-state index in [0.29, 0.717) is 22.9 Å². The molecule has 2 aliphatic heterocycles. The van der Waals surface area contributed by atoms with Crippen LogP contribution in [0.3, 0.4) is 0 Å². The van der Waals surface area contributed by atoms with Gasteiger partial charge < -0.3 is 21.0 Å². The summed E-state index contributed by atoms with van der Waals surface area (Å²) in [5, 5.41) is 23.3. The average molecular weight is 655 g/mol. The number of hydrogen-bond acceptors (Lipinski definition) is 12. The molecule has 2 amide bonds. The van der Waals surface area contributed by atoms with E-state index in [1.807, 2.05) is 29.1 Å². The van der Waals surface area contributed by atoms with E-state index in [9.17, 15) is 19.5 Å². The molecule has 5 heterocycles. The number of oxime groups is 1. The van der Waals surface area contributed by atoms with Gasteiger partial charge in [-0.2, -0.15) is 9.36 Å². The Hall–Kier alpha value is -4.22. The number of nitrogens with two attached hydrogens (primary N) is 1. The van der Waals surface area contributed by atoms with Gasteiger partial charge in [0.25, 0.3) is 11.8 Å². The second-order valence-electron chi connectivity index (χ2n) is 10.1. The Bertz CT molecular complexity index is 1730. The van der Waals surface area contributed by atoms with E-state index < -0.39 is 29.2 Å². The van der Waals surface area contributed by atoms with Crippen LogP contribution < -0.4 is 15.6 Å². The first-order valence-corrected chi connectivity index (χ1v) is 16.4. The van der Waals surface area contributed by atoms with E-state index in [1.165, 1.54) is 28.4 Å². The van der Waals surface area contributed by atoms with Crippen molar-refractivity contribution in [3.63, 3.8) is 0 Å². The first-order chi connectivity index (χ1) is 21.3. The number of anilines is 1. The lowest BCUT2D eigenvalue weighted by Crippen LogP contribution is -2.71. The van der Waals surface area contributed by atoms with Crippen LogP contribution in [0.2, 0.25) is 0 Å². The van der Waals surface area contributed by atoms with Gasteiger partial charge in [-0.1, -0.05) is 34.7 Å². The number of hydrogen-bond donors (Lipinski definition) is 3. The predicted molar refractivity (Wildman–Crippen MR) is 164 cm³/mol. The van der Waals surface area contributed by atoms with Crippen molar-refractivity contribution >= 4 is 69.3 Å². The van der Waals surface area contributed by atoms with Crippen molar-refractivity contribution in [2.24, 2.45) is 5.16 Å². The van der Waals surface area contributed by atoms with Crippen LogP contribution in [0.1, 0.15) is 31.5 Å². The van der Waals surface area contributed by atoms with Gasteiger partial charge >= 0.3 is 11.6 Å². The van der Waals surface area contributed by atoms with Crippen LogP contribution in [0.5, 0.6) is 0 Å². The third-order valence-corrected chi connectivity index (χ3v) is 9.81. The van der Waals surface area contributed by atoms with Crippen molar-refractivity contribution in [1.29, 1.82) is 0 Å². The summed E-state index contributed by atoms with van der Waals surface area (Å²) < 4.78 is 7.84. The van der Waals surface area contributed by atoms with Gasteiger partial charge in [-0.15, -0.1) is 16.3 Å². The number of nitrogen functional groups attached to an aromatic ring is 1. The Balaban J connectivity index is 1.15. The molecule has 2 atom stereocenters. The number of nitrogens with one attached hydrogen (secondary N) is 1. The number of rotatable bonds is 11. The molecule has 0 aromatic carbocycles. The fraction of sp³-hybridized carbons (Fsp3) is 0.333. The van der Waals surface area contributed by atoms with E-state index in [0.717, 1.165) is 42.9 Å². The van der Waals surface area contributed by atoms with E-state index in [4.69, 9.17) is 10.6 Å². The number of amides is 2. The third-order valence-electron chi connectivity index (χ3n) is 7.23. The van der Waals surface area contributed by atoms with Gasteiger partial charge in [0, 0.05) is 23.4 Å². The van der Waals surface area contributed by atoms with Gasteiger partial charge in [0.15, 0.2) is 11.3 Å². The number of fused-ring (bicyclic) bond motifs is 2. The molecule has 14 nitrogen and oxygen atoms in total. The zero-order valence-electron chi connectivity index (χ0n) is 23.2. The lowest BCUT2D eigenvalue weighted by molar-refractivity contribution is -0.660. The minimum atomic E-state index is -1.23. The summed E-state index contributed by atoms with van der Waals surface area (Å²) in [7, 11) is 0. The molecular weight excluding hydrogens is 627 g/mol. The third kappa shape index (κ3) is 5.94. The summed E-state index contributed by atoms with van der Waals surface area (Å²) in [6.07, 6.45) is 10.8. The number of carboxylic acid groups (broad SMARTS) is 1. The standard InChI is InChI=1S/C27H27N9O5S3/c1-2-10-34-11-12-35-18(34)8-7-17(31-35)42-13-9-15-14-43-25-20(24(38)36(25)21(15)26(39)40)29-23(37)19(22-30-27(28)44-33-22)32-41-16-5-3-4-6-16/h2,7-9,11-13,16,20,25H,1,3-6,10,14H2,(H3-,28,29,30,33,37,39,40)/p+1/b13-9+,32-19-/t20-,25-/m1/s1. The molecule has 0 unspecified atom stereocenters. The number of β-lactam (4-membered cyclic amide) rings is 1. The smallest absolute Gasteiger partial charge is 0.352 e. The Labute approximate surface area is 263 Å². The van der Waals surface area contributed by atoms with Crippen LogP contribution in [0.25, 0.3) is 5.65 Å². The van der Waals surface area contributed by atoms with Crippen molar-refractivity contribution in [3.05, 3.63) is 65.8 Å². The van der Waals surface area contributed by atoms with Gasteiger partial charge in [0.05, 0.1) is 0 Å². The summed E-state index contributed by atoms with van der Waals surface area (Å²) in [6, 6.07) is 2.86. The number of aliphatic carboxylic acids is 1. The number of imidazole rings is 1. The van der Waals surface area contributed by atoms with Crippen LogP contribution in [0, 0.1) is 0 Å². The van der Waals surface area contributed by atoms with E-state index >= 15 is 0 Å². The highest BCUT2D eigenvalue weighted by molar-refractivity contribution is 8.02. The molecule has 44 heavy (non-hydrogen) atoms. The number of thioether (sulfide) groups is 2. The molecular formula is C27H28N9O5S3+. The maximum Gasteiger partial charge on any atom is 0.352 e. The van der Waals surface area contributed by atoms with Crippen LogP contribution in [-0.2, 0) is 25.8 Å². The Kier molecular flexibility index (Phi) is 8.67. The summed E-state index contributed by atoms with van der Waals surface area (Å²) in [6.45, 7) is 4.43. The van der Waals surface area contributed by atoms with E-state index in [-0.39, 0.29) is 28.5 Å². The molecule has 0 spiro atoms. The fourth-order valence-corrected chi connectivity index (χ4v) is 7.54. The number of carboxylic acids is 1. The van der Waals surface area contributed by atoms with E-state index in [1.54, 1.807) is 22.1 Å². The maximum atomic E-state index is 13.3. The average Bonchev–Trinajstić information content (AvgIpc) is 3.78. The topological polar surface area (TPSA) is 181 Å². The zero-order valence-corrected chi connectivity index (χ0v) is 25.7. The zero-order chi connectivity index (χ0) is 30.8. The Morgan fingerprint density at radius 3 is 2.89 bits per heavy atom. The molecule has 3 aromatic heterocycles. The van der Waals surface area contributed by atoms with Gasteiger partial charge in [0.2, 0.25) is 11.5 Å². The van der Waals surface area contributed by atoms with Crippen molar-refractivity contribution in [2.45, 2.75) is 54.8 Å². The minimum Gasteiger partial charge on any atom is -0.477 e. The Morgan fingerprint density at radius 1 is 1.34 bits per heavy atom. The van der Waals surface area contributed by atoms with Crippen molar-refractivity contribution < 1.29 is 28.9 Å². The lowest BCUT2D eigenvalue weighted by Gasteiger charge is -2.49. The van der Waals surface area contributed by atoms with Crippen molar-refractivity contribution in [2.75, 3.05) is 11.5 Å². The summed E-state index contributed by atoms with van der Waals surface area (Å²) in [5.41, 5.74) is 6.80. The maximum absolute atomic E-state index is 13.3. The quantitative estimate of drug-likeness (QED) is 0.0687. The summed E-state index contributed by atoms with van der Waals surface area (Å²) in [5.74, 6) is -2.15. The molecule has 228 valence electrons. The highest BCUT2D eigenvalue weighted by Gasteiger charge is 2.54. The largest absolute Gasteiger partial charge is 0.477 e. The molecule has 0 bridgehead atoms. The van der Waals surface area contributed by atoms with Crippen LogP contribution >= 0.6 is 35.1 Å². The van der Waals surface area contributed by atoms with Gasteiger partial charge in [-0.05, 0) is 48.8 Å². The second kappa shape index (κ2) is 12.8. The number of allylic oxidation sites excluding steroid dienone is 2. The molecule has 1 saturated heterocycles. The SMILES string of the molecule is C=CC[n+]1ccn2nc(S/C=C/C3=C(C(=O)O)N4C(=O)[C@@H](NC(=O)/C(=N\OC5CCCC5)c5nsc(N)n5)[C@H]4SC3)ccc21. The van der Waals surface area contributed by atoms with Gasteiger partial charge in [-0.3, -0.25) is 14.5 Å². The van der Waals surface area contributed by atoms with E-state index in [2.05, 4.69) is 31.5 Å². The Morgan fingerprint density at radius 2 is 2.16 bits per heavy atom. The number of nitrogens with zero attached hydrogens (tertiary/aromatic N) is 7. The summed E-state index contributed by atoms with van der Waals surface area (Å²) >= 11 is 3.59. The highest BCUT2D eigenvalue weighted by Crippen LogP contribution is 2.41. The highest BCUT2D eigenvalue weighted by atomic mass is 32.2. The van der Waals surface area contributed by atoms with Crippen molar-refractivity contribution in [3.8, 4) is 0 Å². The lowest BCUT2D eigenvalue weighted by atomic mass is 10.0. The molecule has 3 aromatic rings. The molecule has 4 N–H and O–H groups in total. The number of aromatic nitrogens is 5. The molecule has 1 aliphatic carbocycles. The first kappa shape index (κ1) is 29.8. The molecule has 1 saturated carbocycles. The molecule has 17 heteroatoms. The molecule has 6 rings (SSSR count). The fourth-order valence-electron chi connectivity index (χ4n) is 5.13. The van der Waals surface area contributed by atoms with Gasteiger partial charge in [-0.25, -0.2) is 9.36 Å². The number of carbonyl (C=O) groups is 3. The minimum absolute atomic E-state index is 0.000315. The molecule has 2 fully saturated rings. The van der Waals surface area contributed by atoms with Crippen molar-refractivity contribution in [1.82, 2.24) is 29.2 Å². The number of carbonyl (C=O) groups excluding carboxylic acids is 2. The second-order valence-corrected chi connectivity index (χ2v) is 12.9. The summed E-state index contributed by atoms with van der Waals surface area (Å²) in [4.78, 5) is 49.6. The normalized spacial score (nSPS) is 20.7. The van der Waals surface area contributed by atoms with Crippen LogP contribution in [0.15, 0.2) is 70.1 Å². The van der Waals surface area contributed by atoms with Crippen LogP contribution in [0.4, 0.5) is 5.13 Å². The van der Waals surface area contributed by atoms with Gasteiger partial charge in [0.1, 0.15) is 41.0 Å².